The Morgan fingerprint density at radius 3 is 2.92 bits per heavy atom. The molecule has 12 heavy (non-hydrogen) atoms. The molecule has 0 aromatic heterocycles. The zero-order valence-electron chi connectivity index (χ0n) is 7.68. The van der Waals surface area contributed by atoms with E-state index in [2.05, 4.69) is 0 Å². The van der Waals surface area contributed by atoms with Gasteiger partial charge in [-0.2, -0.15) is 0 Å². The third-order valence-electron chi connectivity index (χ3n) is 2.64. The number of alkyl halides is 1. The monoisotopic (exact) mass is 175 g/mol. The number of hydrogen-bond acceptors (Lipinski definition) is 2. The van der Waals surface area contributed by atoms with E-state index in [-0.39, 0.29) is 5.92 Å². The fourth-order valence-corrected chi connectivity index (χ4v) is 1.70. The summed E-state index contributed by atoms with van der Waals surface area (Å²) < 4.78 is 19.1. The number of ether oxygens (including phenoxy) is 1. The van der Waals surface area contributed by atoms with Gasteiger partial charge in [-0.1, -0.05) is 0 Å². The van der Waals surface area contributed by atoms with Crippen LogP contribution in [0.3, 0.4) is 0 Å². The van der Waals surface area contributed by atoms with Crippen LogP contribution in [0.25, 0.3) is 0 Å². The second kappa shape index (κ2) is 4.19. The molecule has 0 aromatic carbocycles. The second-order valence-electron chi connectivity index (χ2n) is 3.73. The third-order valence-corrected chi connectivity index (χ3v) is 2.64. The maximum absolute atomic E-state index is 13.8. The van der Waals surface area contributed by atoms with Crippen LogP contribution in [-0.2, 0) is 4.74 Å². The van der Waals surface area contributed by atoms with E-state index in [0.29, 0.717) is 19.6 Å². The van der Waals surface area contributed by atoms with Gasteiger partial charge in [0.25, 0.3) is 0 Å². The van der Waals surface area contributed by atoms with Crippen molar-refractivity contribution in [2.24, 2.45) is 11.7 Å². The summed E-state index contributed by atoms with van der Waals surface area (Å²) in [5, 5.41) is 0. The highest BCUT2D eigenvalue weighted by atomic mass is 19.1. The Morgan fingerprint density at radius 2 is 2.42 bits per heavy atom. The van der Waals surface area contributed by atoms with Gasteiger partial charge in [0.15, 0.2) is 0 Å². The van der Waals surface area contributed by atoms with E-state index in [9.17, 15) is 4.39 Å². The van der Waals surface area contributed by atoms with Crippen molar-refractivity contribution >= 4 is 0 Å². The highest BCUT2D eigenvalue weighted by Gasteiger charge is 2.34. The van der Waals surface area contributed by atoms with Gasteiger partial charge in [-0.05, 0) is 32.7 Å². The summed E-state index contributed by atoms with van der Waals surface area (Å²) in [4.78, 5) is 0. The van der Waals surface area contributed by atoms with Gasteiger partial charge >= 0.3 is 0 Å². The third kappa shape index (κ3) is 2.42. The van der Waals surface area contributed by atoms with Gasteiger partial charge in [0.05, 0.1) is 6.61 Å². The highest BCUT2D eigenvalue weighted by molar-refractivity contribution is 4.84. The molecule has 72 valence electrons. The predicted molar refractivity (Wildman–Crippen MR) is 46.7 cm³/mol. The lowest BCUT2D eigenvalue weighted by molar-refractivity contribution is -0.0231. The molecule has 1 fully saturated rings. The predicted octanol–water partition coefficient (Wildman–Crippen LogP) is 1.49. The second-order valence-corrected chi connectivity index (χ2v) is 3.73. The molecule has 0 bridgehead atoms. The Labute approximate surface area is 73.3 Å². The van der Waals surface area contributed by atoms with Crippen LogP contribution in [0.1, 0.15) is 26.2 Å². The zero-order valence-corrected chi connectivity index (χ0v) is 7.68. The van der Waals surface area contributed by atoms with Crippen LogP contribution in [0.4, 0.5) is 4.39 Å². The molecule has 1 aliphatic heterocycles. The zero-order chi connectivity index (χ0) is 9.03. The van der Waals surface area contributed by atoms with Gasteiger partial charge in [0, 0.05) is 12.5 Å². The van der Waals surface area contributed by atoms with E-state index in [4.69, 9.17) is 10.5 Å². The van der Waals surface area contributed by atoms with E-state index in [1.54, 1.807) is 6.92 Å². The summed E-state index contributed by atoms with van der Waals surface area (Å²) in [6.07, 6.45) is 2.36. The number of rotatable bonds is 3. The van der Waals surface area contributed by atoms with Crippen LogP contribution in [0.2, 0.25) is 0 Å². The molecule has 0 spiro atoms. The fourth-order valence-electron chi connectivity index (χ4n) is 1.70. The van der Waals surface area contributed by atoms with Crippen molar-refractivity contribution in [3.8, 4) is 0 Å². The maximum atomic E-state index is 13.8. The lowest BCUT2D eigenvalue weighted by atomic mass is 9.84. The van der Waals surface area contributed by atoms with Crippen LogP contribution in [0.5, 0.6) is 0 Å². The molecule has 1 heterocycles. The number of halogens is 1. The first-order valence-corrected chi connectivity index (χ1v) is 4.63. The molecule has 2 unspecified atom stereocenters. The molecule has 1 rings (SSSR count). The largest absolute Gasteiger partial charge is 0.381 e. The van der Waals surface area contributed by atoms with Gasteiger partial charge in [-0.3, -0.25) is 0 Å². The first kappa shape index (κ1) is 9.93. The maximum Gasteiger partial charge on any atom is 0.114 e. The summed E-state index contributed by atoms with van der Waals surface area (Å²) in [5.41, 5.74) is 4.21. The lowest BCUT2D eigenvalue weighted by Crippen LogP contribution is -2.37. The van der Waals surface area contributed by atoms with Crippen molar-refractivity contribution in [3.63, 3.8) is 0 Å². The molecule has 0 radical (unpaired) electrons. The number of nitrogens with two attached hydrogens (primary N) is 1. The normalized spacial score (nSPS) is 29.8. The molecular weight excluding hydrogens is 157 g/mol. The van der Waals surface area contributed by atoms with Gasteiger partial charge in [0.1, 0.15) is 5.67 Å². The first-order chi connectivity index (χ1) is 5.67. The molecule has 2 N–H and O–H groups in total. The minimum absolute atomic E-state index is 0.0507. The minimum Gasteiger partial charge on any atom is -0.381 e. The van der Waals surface area contributed by atoms with Gasteiger partial charge in [-0.25, -0.2) is 4.39 Å². The molecule has 1 saturated heterocycles. The van der Waals surface area contributed by atoms with Crippen molar-refractivity contribution in [1.29, 1.82) is 0 Å². The molecule has 0 amide bonds. The molecule has 2 nitrogen and oxygen atoms in total. The van der Waals surface area contributed by atoms with E-state index in [0.717, 1.165) is 19.4 Å². The van der Waals surface area contributed by atoms with Crippen LogP contribution in [-0.4, -0.2) is 25.4 Å². The molecular formula is C9H18FNO. The summed E-state index contributed by atoms with van der Waals surface area (Å²) >= 11 is 0. The van der Waals surface area contributed by atoms with E-state index < -0.39 is 5.67 Å². The summed E-state index contributed by atoms with van der Waals surface area (Å²) in [6, 6.07) is 0. The summed E-state index contributed by atoms with van der Waals surface area (Å²) in [7, 11) is 0. The van der Waals surface area contributed by atoms with Crippen LogP contribution >= 0.6 is 0 Å². The Bertz CT molecular complexity index is 132. The summed E-state index contributed by atoms with van der Waals surface area (Å²) in [6.45, 7) is 3.41. The smallest absolute Gasteiger partial charge is 0.114 e. The van der Waals surface area contributed by atoms with E-state index in [1.807, 2.05) is 0 Å². The first-order valence-electron chi connectivity index (χ1n) is 4.63. The van der Waals surface area contributed by atoms with Crippen LogP contribution in [0.15, 0.2) is 0 Å². The van der Waals surface area contributed by atoms with Crippen LogP contribution < -0.4 is 5.73 Å². The van der Waals surface area contributed by atoms with E-state index >= 15 is 0 Å². The standard InChI is InChI=1S/C9H18FNO/c1-9(10,4-5-11)8-3-2-6-12-7-8/h8H,2-7,11H2,1H3. The van der Waals surface area contributed by atoms with Crippen molar-refractivity contribution in [1.82, 2.24) is 0 Å². The van der Waals surface area contributed by atoms with E-state index in [1.165, 1.54) is 0 Å². The average Bonchev–Trinajstić information content (AvgIpc) is 2.06. The molecule has 2 atom stereocenters. The molecule has 0 aromatic rings. The lowest BCUT2D eigenvalue weighted by Gasteiger charge is -2.32. The van der Waals surface area contributed by atoms with Crippen molar-refractivity contribution in [2.75, 3.05) is 19.8 Å². The Morgan fingerprint density at radius 1 is 1.67 bits per heavy atom. The molecule has 0 aliphatic carbocycles. The van der Waals surface area contributed by atoms with Crippen molar-refractivity contribution in [3.05, 3.63) is 0 Å². The Balaban J connectivity index is 2.41. The van der Waals surface area contributed by atoms with Crippen LogP contribution in [0, 0.1) is 5.92 Å². The van der Waals surface area contributed by atoms with Gasteiger partial charge < -0.3 is 10.5 Å². The highest BCUT2D eigenvalue weighted by Crippen LogP contribution is 2.31. The molecule has 3 heteroatoms. The Hall–Kier alpha value is -0.150. The number of hydrogen-bond donors (Lipinski definition) is 1. The van der Waals surface area contributed by atoms with Gasteiger partial charge in [0.2, 0.25) is 0 Å². The average molecular weight is 175 g/mol. The van der Waals surface area contributed by atoms with Crippen molar-refractivity contribution < 1.29 is 9.13 Å². The SMILES string of the molecule is CC(F)(CCN)C1CCCOC1. The molecule has 1 aliphatic rings. The topological polar surface area (TPSA) is 35.2 Å². The van der Waals surface area contributed by atoms with Crippen molar-refractivity contribution in [2.45, 2.75) is 31.9 Å². The minimum atomic E-state index is -1.13. The Kier molecular flexibility index (Phi) is 3.47. The summed E-state index contributed by atoms with van der Waals surface area (Å²) in [5.74, 6) is 0.0507. The fraction of sp³-hybridized carbons (Fsp3) is 1.00. The quantitative estimate of drug-likeness (QED) is 0.705. The van der Waals surface area contributed by atoms with Gasteiger partial charge in [-0.15, -0.1) is 0 Å². The molecule has 0 saturated carbocycles.